The van der Waals surface area contributed by atoms with Gasteiger partial charge in [0.05, 0.1) is 6.61 Å². The minimum Gasteiger partial charge on any atom is -0.494 e. The van der Waals surface area contributed by atoms with Crippen molar-refractivity contribution in [1.82, 2.24) is 14.4 Å². The van der Waals surface area contributed by atoms with E-state index in [1.165, 1.54) is 18.5 Å². The molecule has 0 amide bonds. The second kappa shape index (κ2) is 9.39. The fraction of sp³-hybridized carbons (Fsp3) is 0.522. The number of ether oxygens (including phenoxy) is 1. The van der Waals surface area contributed by atoms with Gasteiger partial charge in [-0.25, -0.2) is 0 Å². The molecule has 1 aromatic heterocycles. The van der Waals surface area contributed by atoms with Crippen molar-refractivity contribution in [2.24, 2.45) is 7.05 Å². The number of aromatic nitrogens is 1. The molecule has 1 aromatic carbocycles. The lowest BCUT2D eigenvalue weighted by Gasteiger charge is -2.34. The Morgan fingerprint density at radius 3 is 2.36 bits per heavy atom. The standard InChI is InChI=1S/C23H33N3O2/c1-5-9-25-10-12-26(13-11-25)17-20-8-7-19(15-22(20)28-6-2)21-14-18(3)23(27)24(4)16-21/h7-8,14-16H,5-6,9-13,17H2,1-4H3. The molecule has 1 aliphatic heterocycles. The molecule has 0 spiro atoms. The molecule has 1 fully saturated rings. The molecule has 0 aliphatic carbocycles. The third-order valence-corrected chi connectivity index (χ3v) is 5.46. The van der Waals surface area contributed by atoms with E-state index in [4.69, 9.17) is 4.74 Å². The number of piperazine rings is 1. The lowest BCUT2D eigenvalue weighted by molar-refractivity contribution is 0.126. The van der Waals surface area contributed by atoms with Gasteiger partial charge in [-0.05, 0) is 50.1 Å². The van der Waals surface area contributed by atoms with E-state index < -0.39 is 0 Å². The van der Waals surface area contributed by atoms with Crippen LogP contribution in [0.2, 0.25) is 0 Å². The highest BCUT2D eigenvalue weighted by molar-refractivity contribution is 5.66. The van der Waals surface area contributed by atoms with Crippen LogP contribution in [-0.2, 0) is 13.6 Å². The molecule has 5 nitrogen and oxygen atoms in total. The summed E-state index contributed by atoms with van der Waals surface area (Å²) in [5.74, 6) is 0.947. The minimum absolute atomic E-state index is 0.0487. The summed E-state index contributed by atoms with van der Waals surface area (Å²) in [4.78, 5) is 17.1. The van der Waals surface area contributed by atoms with Gasteiger partial charge in [-0.1, -0.05) is 19.1 Å². The summed E-state index contributed by atoms with van der Waals surface area (Å²) in [6, 6.07) is 8.40. The van der Waals surface area contributed by atoms with E-state index in [0.717, 1.165) is 55.2 Å². The molecule has 2 aromatic rings. The molecule has 1 aliphatic rings. The zero-order valence-electron chi connectivity index (χ0n) is 17.7. The Kier molecular flexibility index (Phi) is 6.92. The van der Waals surface area contributed by atoms with Crippen LogP contribution < -0.4 is 10.3 Å². The molecular weight excluding hydrogens is 350 g/mol. The van der Waals surface area contributed by atoms with E-state index in [1.807, 2.05) is 26.1 Å². The smallest absolute Gasteiger partial charge is 0.253 e. The Hall–Kier alpha value is -2.11. The lowest BCUT2D eigenvalue weighted by atomic mass is 10.0. The predicted molar refractivity (Wildman–Crippen MR) is 115 cm³/mol. The van der Waals surface area contributed by atoms with Gasteiger partial charge in [0.25, 0.3) is 5.56 Å². The highest BCUT2D eigenvalue weighted by Crippen LogP contribution is 2.28. The van der Waals surface area contributed by atoms with Gasteiger partial charge in [0.1, 0.15) is 5.75 Å². The number of pyridine rings is 1. The van der Waals surface area contributed by atoms with Crippen LogP contribution in [0.15, 0.2) is 35.3 Å². The van der Waals surface area contributed by atoms with E-state index in [9.17, 15) is 4.79 Å². The quantitative estimate of drug-likeness (QED) is 0.735. The Labute approximate surface area is 168 Å². The van der Waals surface area contributed by atoms with Gasteiger partial charge in [-0.2, -0.15) is 0 Å². The summed E-state index contributed by atoms with van der Waals surface area (Å²) in [5.41, 5.74) is 4.16. The van der Waals surface area contributed by atoms with E-state index in [-0.39, 0.29) is 5.56 Å². The number of hydrogen-bond acceptors (Lipinski definition) is 4. The van der Waals surface area contributed by atoms with E-state index in [2.05, 4.69) is 34.9 Å². The van der Waals surface area contributed by atoms with Crippen LogP contribution in [0.4, 0.5) is 0 Å². The molecule has 0 atom stereocenters. The van der Waals surface area contributed by atoms with Crippen molar-refractivity contribution < 1.29 is 4.74 Å². The summed E-state index contributed by atoms with van der Waals surface area (Å²) in [7, 11) is 1.80. The molecule has 0 saturated carbocycles. The predicted octanol–water partition coefficient (Wildman–Crippen LogP) is 3.29. The van der Waals surface area contributed by atoms with Crippen molar-refractivity contribution in [3.05, 3.63) is 51.9 Å². The Balaban J connectivity index is 1.79. The third-order valence-electron chi connectivity index (χ3n) is 5.46. The minimum atomic E-state index is 0.0487. The van der Waals surface area contributed by atoms with Gasteiger partial charge in [0.2, 0.25) is 0 Å². The number of rotatable bonds is 7. The summed E-state index contributed by atoms with van der Waals surface area (Å²) in [6.45, 7) is 13.4. The van der Waals surface area contributed by atoms with Gasteiger partial charge in [0, 0.05) is 57.1 Å². The molecule has 5 heteroatoms. The van der Waals surface area contributed by atoms with Crippen molar-refractivity contribution >= 4 is 0 Å². The molecule has 28 heavy (non-hydrogen) atoms. The molecule has 0 unspecified atom stereocenters. The largest absolute Gasteiger partial charge is 0.494 e. The van der Waals surface area contributed by atoms with Crippen molar-refractivity contribution in [1.29, 1.82) is 0 Å². The Bertz CT molecular complexity index is 825. The topological polar surface area (TPSA) is 37.7 Å². The molecule has 0 bridgehead atoms. The fourth-order valence-electron chi connectivity index (χ4n) is 3.92. The highest BCUT2D eigenvalue weighted by Gasteiger charge is 2.18. The van der Waals surface area contributed by atoms with Gasteiger partial charge in [-0.15, -0.1) is 0 Å². The molecule has 0 radical (unpaired) electrons. The SMILES string of the molecule is CCCN1CCN(Cc2ccc(-c3cc(C)c(=O)n(C)c3)cc2OCC)CC1. The molecule has 3 rings (SSSR count). The van der Waals surface area contributed by atoms with Gasteiger partial charge >= 0.3 is 0 Å². The van der Waals surface area contributed by atoms with Gasteiger partial charge in [0.15, 0.2) is 0 Å². The summed E-state index contributed by atoms with van der Waals surface area (Å²) in [5, 5.41) is 0. The van der Waals surface area contributed by atoms with Crippen molar-refractivity contribution in [3.63, 3.8) is 0 Å². The summed E-state index contributed by atoms with van der Waals surface area (Å²) in [6.07, 6.45) is 3.12. The van der Waals surface area contributed by atoms with E-state index in [1.54, 1.807) is 11.6 Å². The fourth-order valence-corrected chi connectivity index (χ4v) is 3.92. The molecular formula is C23H33N3O2. The van der Waals surface area contributed by atoms with Crippen LogP contribution in [-0.4, -0.2) is 53.7 Å². The van der Waals surface area contributed by atoms with Crippen LogP contribution >= 0.6 is 0 Å². The molecule has 152 valence electrons. The maximum absolute atomic E-state index is 12.0. The second-order valence-corrected chi connectivity index (χ2v) is 7.70. The van der Waals surface area contributed by atoms with Gasteiger partial charge in [-0.3, -0.25) is 9.69 Å². The normalized spacial score (nSPS) is 15.7. The average molecular weight is 384 g/mol. The summed E-state index contributed by atoms with van der Waals surface area (Å²) < 4.78 is 7.63. The first-order chi connectivity index (χ1) is 13.5. The number of benzene rings is 1. The van der Waals surface area contributed by atoms with Crippen LogP contribution in [0.25, 0.3) is 11.1 Å². The number of nitrogens with zero attached hydrogens (tertiary/aromatic N) is 3. The number of hydrogen-bond donors (Lipinski definition) is 0. The summed E-state index contributed by atoms with van der Waals surface area (Å²) >= 11 is 0. The maximum Gasteiger partial charge on any atom is 0.253 e. The van der Waals surface area contributed by atoms with Crippen LogP contribution in [0.1, 0.15) is 31.4 Å². The van der Waals surface area contributed by atoms with Crippen LogP contribution in [0, 0.1) is 6.92 Å². The Morgan fingerprint density at radius 2 is 1.71 bits per heavy atom. The zero-order valence-corrected chi connectivity index (χ0v) is 17.7. The van der Waals surface area contributed by atoms with E-state index in [0.29, 0.717) is 6.61 Å². The Morgan fingerprint density at radius 1 is 1.00 bits per heavy atom. The third kappa shape index (κ3) is 4.83. The van der Waals surface area contributed by atoms with E-state index >= 15 is 0 Å². The number of aryl methyl sites for hydroxylation is 2. The maximum atomic E-state index is 12.0. The lowest BCUT2D eigenvalue weighted by Crippen LogP contribution is -2.46. The van der Waals surface area contributed by atoms with Crippen LogP contribution in [0.5, 0.6) is 5.75 Å². The monoisotopic (exact) mass is 383 g/mol. The molecule has 2 heterocycles. The molecule has 1 saturated heterocycles. The van der Waals surface area contributed by atoms with Crippen molar-refractivity contribution in [3.8, 4) is 16.9 Å². The van der Waals surface area contributed by atoms with Gasteiger partial charge < -0.3 is 14.2 Å². The average Bonchev–Trinajstić information content (AvgIpc) is 2.69. The highest BCUT2D eigenvalue weighted by atomic mass is 16.5. The first kappa shape index (κ1) is 20.6. The second-order valence-electron chi connectivity index (χ2n) is 7.70. The van der Waals surface area contributed by atoms with Crippen LogP contribution in [0.3, 0.4) is 0 Å². The van der Waals surface area contributed by atoms with Crippen molar-refractivity contribution in [2.75, 3.05) is 39.3 Å². The first-order valence-electron chi connectivity index (χ1n) is 10.4. The van der Waals surface area contributed by atoms with Crippen molar-refractivity contribution in [2.45, 2.75) is 33.7 Å². The first-order valence-corrected chi connectivity index (χ1v) is 10.4. The molecule has 0 N–H and O–H groups in total. The zero-order chi connectivity index (χ0) is 20.1.